The number of anilines is 1. The maximum Gasteiger partial charge on any atom is 0.141 e. The zero-order chi connectivity index (χ0) is 22.1. The fourth-order valence-corrected chi connectivity index (χ4v) is 4.04. The fourth-order valence-electron chi connectivity index (χ4n) is 3.82. The highest BCUT2D eigenvalue weighted by atomic mass is 35.5. The van der Waals surface area contributed by atoms with Gasteiger partial charge >= 0.3 is 0 Å². The van der Waals surface area contributed by atoms with Crippen molar-refractivity contribution in [2.24, 2.45) is 0 Å². The van der Waals surface area contributed by atoms with E-state index in [1.165, 1.54) is 0 Å². The fraction of sp³-hybridized carbons (Fsp3) is 0.120. The molecule has 0 saturated heterocycles. The van der Waals surface area contributed by atoms with Gasteiger partial charge in [0.2, 0.25) is 0 Å². The van der Waals surface area contributed by atoms with Crippen LogP contribution in [0.15, 0.2) is 71.5 Å². The predicted octanol–water partition coefficient (Wildman–Crippen LogP) is 6.33. The molecular weight excluding hydrogens is 426 g/mol. The standard InChI is InChI=1S/C25H20ClN3O3/c1-30-19-5-3-17(24(12-19)31-2)13-27-23-14-28-29-22-10-15(4-6-20(22)23)21-11-18(26)9-16-7-8-32-25(16)21/h3-12,14H,13H2,1-2H3,(H,27,29). The molecule has 0 aliphatic carbocycles. The molecule has 32 heavy (non-hydrogen) atoms. The molecule has 0 atom stereocenters. The maximum atomic E-state index is 6.32. The van der Waals surface area contributed by atoms with Crippen LogP contribution in [0, 0.1) is 0 Å². The van der Waals surface area contributed by atoms with Crippen molar-refractivity contribution in [1.82, 2.24) is 10.2 Å². The zero-order valence-electron chi connectivity index (χ0n) is 17.6. The van der Waals surface area contributed by atoms with Gasteiger partial charge in [0, 0.05) is 39.5 Å². The van der Waals surface area contributed by atoms with E-state index in [2.05, 4.69) is 15.5 Å². The predicted molar refractivity (Wildman–Crippen MR) is 127 cm³/mol. The van der Waals surface area contributed by atoms with Crippen LogP contribution in [0.4, 0.5) is 5.69 Å². The normalized spacial score (nSPS) is 11.1. The monoisotopic (exact) mass is 445 g/mol. The van der Waals surface area contributed by atoms with Gasteiger partial charge in [-0.3, -0.25) is 0 Å². The van der Waals surface area contributed by atoms with Crippen LogP contribution in [0.2, 0.25) is 5.02 Å². The van der Waals surface area contributed by atoms with Gasteiger partial charge in [0.1, 0.15) is 17.1 Å². The molecule has 5 aromatic rings. The minimum atomic E-state index is 0.566. The molecule has 2 aromatic heterocycles. The summed E-state index contributed by atoms with van der Waals surface area (Å²) in [6, 6.07) is 17.5. The summed E-state index contributed by atoms with van der Waals surface area (Å²) < 4.78 is 16.5. The number of halogens is 1. The molecule has 6 nitrogen and oxygen atoms in total. The number of aromatic nitrogens is 2. The van der Waals surface area contributed by atoms with Gasteiger partial charge < -0.3 is 19.2 Å². The average Bonchev–Trinajstić information content (AvgIpc) is 3.30. The molecule has 2 heterocycles. The van der Waals surface area contributed by atoms with Gasteiger partial charge in [0.15, 0.2) is 0 Å². The molecule has 0 radical (unpaired) electrons. The highest BCUT2D eigenvalue weighted by molar-refractivity contribution is 6.31. The molecule has 7 heteroatoms. The first-order valence-electron chi connectivity index (χ1n) is 10.0. The lowest BCUT2D eigenvalue weighted by molar-refractivity contribution is 0.391. The molecule has 0 fully saturated rings. The van der Waals surface area contributed by atoms with Crippen molar-refractivity contribution in [1.29, 1.82) is 0 Å². The van der Waals surface area contributed by atoms with Crippen LogP contribution in [0.3, 0.4) is 0 Å². The molecule has 3 aromatic carbocycles. The molecule has 160 valence electrons. The van der Waals surface area contributed by atoms with E-state index >= 15 is 0 Å². The van der Waals surface area contributed by atoms with E-state index in [1.807, 2.05) is 54.6 Å². The molecule has 0 spiro atoms. The van der Waals surface area contributed by atoms with Crippen LogP contribution in [-0.2, 0) is 6.54 Å². The molecule has 5 rings (SSSR count). The number of rotatable bonds is 6. The minimum absolute atomic E-state index is 0.566. The summed E-state index contributed by atoms with van der Waals surface area (Å²) in [7, 11) is 3.28. The third kappa shape index (κ3) is 3.69. The van der Waals surface area contributed by atoms with Crippen LogP contribution in [0.25, 0.3) is 33.0 Å². The van der Waals surface area contributed by atoms with Gasteiger partial charge in [-0.05, 0) is 48.0 Å². The summed E-state index contributed by atoms with van der Waals surface area (Å²) >= 11 is 6.32. The second kappa shape index (κ2) is 8.40. The number of fused-ring (bicyclic) bond motifs is 2. The summed E-state index contributed by atoms with van der Waals surface area (Å²) in [5.74, 6) is 1.51. The Kier molecular flexibility index (Phi) is 5.29. The first-order valence-corrected chi connectivity index (χ1v) is 10.4. The summed E-state index contributed by atoms with van der Waals surface area (Å²) in [5.41, 5.74) is 5.34. The first-order chi connectivity index (χ1) is 15.7. The van der Waals surface area contributed by atoms with Crippen LogP contribution >= 0.6 is 11.6 Å². The Balaban J connectivity index is 1.48. The molecule has 0 bridgehead atoms. The molecule has 0 unspecified atom stereocenters. The third-order valence-corrected chi connectivity index (χ3v) is 5.65. The van der Waals surface area contributed by atoms with Gasteiger partial charge in [0.25, 0.3) is 0 Å². The molecular formula is C25H20ClN3O3. The highest BCUT2D eigenvalue weighted by Gasteiger charge is 2.12. The number of furan rings is 1. The number of ether oxygens (including phenoxy) is 2. The summed E-state index contributed by atoms with van der Waals surface area (Å²) in [6.07, 6.45) is 3.39. The SMILES string of the molecule is COc1ccc(CNc2cnnc3cc(-c4cc(Cl)cc5ccoc45)ccc23)c(OC)c1. The number of benzene rings is 3. The Morgan fingerprint density at radius 1 is 1.00 bits per heavy atom. The number of hydrogen-bond acceptors (Lipinski definition) is 6. The van der Waals surface area contributed by atoms with E-state index < -0.39 is 0 Å². The van der Waals surface area contributed by atoms with E-state index in [4.69, 9.17) is 25.5 Å². The van der Waals surface area contributed by atoms with Crippen molar-refractivity contribution >= 4 is 39.2 Å². The van der Waals surface area contributed by atoms with Gasteiger partial charge in [-0.25, -0.2) is 0 Å². The van der Waals surface area contributed by atoms with Crippen LogP contribution in [0.1, 0.15) is 5.56 Å². The molecule has 0 aliphatic rings. The van der Waals surface area contributed by atoms with Crippen LogP contribution in [-0.4, -0.2) is 24.4 Å². The van der Waals surface area contributed by atoms with Gasteiger partial charge in [0.05, 0.1) is 37.9 Å². The Hall–Kier alpha value is -3.77. The van der Waals surface area contributed by atoms with Crippen LogP contribution < -0.4 is 14.8 Å². The lowest BCUT2D eigenvalue weighted by Crippen LogP contribution is -2.03. The summed E-state index contributed by atoms with van der Waals surface area (Å²) in [5, 5.41) is 14.6. The quantitative estimate of drug-likeness (QED) is 0.329. The van der Waals surface area contributed by atoms with E-state index in [-0.39, 0.29) is 0 Å². The molecule has 0 saturated carbocycles. The van der Waals surface area contributed by atoms with Crippen molar-refractivity contribution in [3.63, 3.8) is 0 Å². The van der Waals surface area contributed by atoms with E-state index in [1.54, 1.807) is 26.7 Å². The average molecular weight is 446 g/mol. The number of hydrogen-bond donors (Lipinski definition) is 1. The Bertz CT molecular complexity index is 1430. The second-order valence-corrected chi connectivity index (χ2v) is 7.75. The van der Waals surface area contributed by atoms with E-state index in [0.717, 1.165) is 55.7 Å². The zero-order valence-corrected chi connectivity index (χ0v) is 18.3. The Labute approximate surface area is 189 Å². The summed E-state index contributed by atoms with van der Waals surface area (Å²) in [4.78, 5) is 0. The molecule has 1 N–H and O–H groups in total. The van der Waals surface area contributed by atoms with Crippen molar-refractivity contribution < 1.29 is 13.9 Å². The van der Waals surface area contributed by atoms with Crippen LogP contribution in [0.5, 0.6) is 11.5 Å². The van der Waals surface area contributed by atoms with Gasteiger partial charge in [-0.2, -0.15) is 10.2 Å². The second-order valence-electron chi connectivity index (χ2n) is 7.31. The van der Waals surface area contributed by atoms with Crippen molar-refractivity contribution in [3.8, 4) is 22.6 Å². The van der Waals surface area contributed by atoms with Crippen molar-refractivity contribution in [3.05, 3.63) is 77.6 Å². The first kappa shape index (κ1) is 20.2. The third-order valence-electron chi connectivity index (χ3n) is 5.43. The van der Waals surface area contributed by atoms with Gasteiger partial charge in [-0.1, -0.05) is 17.7 Å². The number of methoxy groups -OCH3 is 2. The number of nitrogens with one attached hydrogen (secondary N) is 1. The van der Waals surface area contributed by atoms with E-state index in [0.29, 0.717) is 11.6 Å². The minimum Gasteiger partial charge on any atom is -0.497 e. The van der Waals surface area contributed by atoms with Crippen molar-refractivity contribution in [2.45, 2.75) is 6.54 Å². The van der Waals surface area contributed by atoms with E-state index in [9.17, 15) is 0 Å². The smallest absolute Gasteiger partial charge is 0.141 e. The van der Waals surface area contributed by atoms with Crippen molar-refractivity contribution in [2.75, 3.05) is 19.5 Å². The Morgan fingerprint density at radius 2 is 1.91 bits per heavy atom. The molecule has 0 amide bonds. The Morgan fingerprint density at radius 3 is 2.75 bits per heavy atom. The lowest BCUT2D eigenvalue weighted by Gasteiger charge is -2.13. The molecule has 0 aliphatic heterocycles. The topological polar surface area (TPSA) is 69.4 Å². The maximum absolute atomic E-state index is 6.32. The highest BCUT2D eigenvalue weighted by Crippen LogP contribution is 2.35. The lowest BCUT2D eigenvalue weighted by atomic mass is 10.0. The summed E-state index contributed by atoms with van der Waals surface area (Å²) in [6.45, 7) is 0.566. The largest absolute Gasteiger partial charge is 0.497 e. The van der Waals surface area contributed by atoms with Gasteiger partial charge in [-0.15, -0.1) is 0 Å². The number of nitrogens with zero attached hydrogens (tertiary/aromatic N) is 2.